The molecule has 1 N–H and O–H groups in total. The summed E-state index contributed by atoms with van der Waals surface area (Å²) in [7, 11) is 0. The van der Waals surface area contributed by atoms with E-state index in [2.05, 4.69) is 20.5 Å². The predicted molar refractivity (Wildman–Crippen MR) is 65.9 cm³/mol. The molecule has 1 heterocycles. The van der Waals surface area contributed by atoms with Crippen LogP contribution in [0.4, 0.5) is 11.6 Å². The molecule has 0 radical (unpaired) electrons. The van der Waals surface area contributed by atoms with Gasteiger partial charge >= 0.3 is 0 Å². The van der Waals surface area contributed by atoms with Crippen LogP contribution < -0.4 is 5.32 Å². The number of nitro groups is 1. The quantitative estimate of drug-likeness (QED) is 0.676. The summed E-state index contributed by atoms with van der Waals surface area (Å²) in [6.07, 6.45) is 2.70. The number of nitrogens with one attached hydrogen (secondary N) is 1. The predicted octanol–water partition coefficient (Wildman–Crippen LogP) is 1.69. The molecule has 0 aliphatic carbocycles. The van der Waals surface area contributed by atoms with E-state index in [1.54, 1.807) is 0 Å². The maximum absolute atomic E-state index is 11.8. The van der Waals surface area contributed by atoms with Crippen LogP contribution >= 0.6 is 11.6 Å². The number of nitrogens with zero attached hydrogens (tertiary/aromatic N) is 4. The van der Waals surface area contributed by atoms with E-state index in [0.29, 0.717) is 0 Å². The summed E-state index contributed by atoms with van der Waals surface area (Å²) in [6, 6.07) is 3.72. The monoisotopic (exact) mass is 279 g/mol. The number of anilines is 1. The zero-order valence-electron chi connectivity index (χ0n) is 9.28. The first-order valence-electron chi connectivity index (χ1n) is 4.97. The molecule has 8 nitrogen and oxygen atoms in total. The Labute approximate surface area is 111 Å². The molecular formula is C10H6ClN5O3. The molecule has 0 aliphatic rings. The molecule has 0 bridgehead atoms. The molecule has 2 rings (SSSR count). The Kier molecular flexibility index (Phi) is 3.62. The minimum atomic E-state index is -0.667. The summed E-state index contributed by atoms with van der Waals surface area (Å²) in [6.45, 7) is 0. The number of carbonyl (C=O) groups excluding carboxylic acids is 1. The van der Waals surface area contributed by atoms with Crippen LogP contribution in [0, 0.1) is 10.1 Å². The summed E-state index contributed by atoms with van der Waals surface area (Å²) >= 11 is 5.65. The van der Waals surface area contributed by atoms with E-state index in [0.717, 1.165) is 6.07 Å². The van der Waals surface area contributed by atoms with Crippen molar-refractivity contribution in [3.05, 3.63) is 51.3 Å². The fourth-order valence-corrected chi connectivity index (χ4v) is 1.46. The van der Waals surface area contributed by atoms with Crippen molar-refractivity contribution in [3.63, 3.8) is 0 Å². The standard InChI is InChI=1S/C10H6ClN5O3/c11-7-2-1-6(5-8(7)16(18)19)9(17)14-10-12-3-4-13-15-10/h1-5H,(H,12,14,15,17). The van der Waals surface area contributed by atoms with Crippen molar-refractivity contribution >= 4 is 29.1 Å². The highest BCUT2D eigenvalue weighted by atomic mass is 35.5. The highest BCUT2D eigenvalue weighted by Gasteiger charge is 2.16. The molecule has 1 aromatic heterocycles. The van der Waals surface area contributed by atoms with Gasteiger partial charge in [-0.15, -0.1) is 5.10 Å². The first-order valence-corrected chi connectivity index (χ1v) is 5.34. The molecule has 0 atom stereocenters. The van der Waals surface area contributed by atoms with Gasteiger partial charge in [-0.2, -0.15) is 5.10 Å². The number of aromatic nitrogens is 3. The number of halogens is 1. The van der Waals surface area contributed by atoms with Gasteiger partial charge in [0, 0.05) is 11.6 Å². The van der Waals surface area contributed by atoms with Gasteiger partial charge in [0.05, 0.1) is 17.3 Å². The second-order valence-electron chi connectivity index (χ2n) is 3.34. The van der Waals surface area contributed by atoms with Gasteiger partial charge in [-0.3, -0.25) is 20.2 Å². The molecule has 2 aromatic rings. The molecular weight excluding hydrogens is 274 g/mol. The minimum absolute atomic E-state index is 0.00473. The number of amides is 1. The average Bonchev–Trinajstić information content (AvgIpc) is 2.40. The minimum Gasteiger partial charge on any atom is -0.289 e. The third-order valence-electron chi connectivity index (χ3n) is 2.11. The summed E-state index contributed by atoms with van der Waals surface area (Å²) in [5.74, 6) is -0.585. The van der Waals surface area contributed by atoms with Crippen LogP contribution in [-0.4, -0.2) is 26.0 Å². The van der Waals surface area contributed by atoms with E-state index >= 15 is 0 Å². The highest BCUT2D eigenvalue weighted by molar-refractivity contribution is 6.32. The number of hydrogen-bond donors (Lipinski definition) is 1. The third kappa shape index (κ3) is 2.99. The Morgan fingerprint density at radius 3 is 2.79 bits per heavy atom. The molecule has 1 amide bonds. The molecule has 19 heavy (non-hydrogen) atoms. The number of benzene rings is 1. The van der Waals surface area contributed by atoms with E-state index in [4.69, 9.17) is 11.6 Å². The van der Waals surface area contributed by atoms with Crippen molar-refractivity contribution in [1.29, 1.82) is 0 Å². The van der Waals surface area contributed by atoms with Crippen molar-refractivity contribution < 1.29 is 9.72 Å². The van der Waals surface area contributed by atoms with E-state index < -0.39 is 10.8 Å². The van der Waals surface area contributed by atoms with Crippen LogP contribution in [0.3, 0.4) is 0 Å². The maximum Gasteiger partial charge on any atom is 0.288 e. The molecule has 0 saturated carbocycles. The molecule has 96 valence electrons. The maximum atomic E-state index is 11.8. The van der Waals surface area contributed by atoms with Crippen LogP contribution in [0.2, 0.25) is 5.02 Å². The second-order valence-corrected chi connectivity index (χ2v) is 3.75. The molecule has 0 saturated heterocycles. The lowest BCUT2D eigenvalue weighted by Crippen LogP contribution is -2.14. The van der Waals surface area contributed by atoms with Gasteiger partial charge in [-0.05, 0) is 12.1 Å². The van der Waals surface area contributed by atoms with Crippen LogP contribution in [-0.2, 0) is 0 Å². The van der Waals surface area contributed by atoms with Crippen molar-refractivity contribution in [3.8, 4) is 0 Å². The Hall–Kier alpha value is -2.61. The summed E-state index contributed by atoms with van der Waals surface area (Å²) in [5.41, 5.74) is -0.273. The smallest absolute Gasteiger partial charge is 0.288 e. The molecule has 1 aromatic carbocycles. The van der Waals surface area contributed by atoms with Crippen LogP contribution in [0.15, 0.2) is 30.6 Å². The normalized spacial score (nSPS) is 9.95. The lowest BCUT2D eigenvalue weighted by atomic mass is 10.2. The van der Waals surface area contributed by atoms with Gasteiger partial charge in [-0.1, -0.05) is 11.6 Å². The molecule has 9 heteroatoms. The van der Waals surface area contributed by atoms with Gasteiger partial charge in [-0.25, -0.2) is 4.98 Å². The van der Waals surface area contributed by atoms with Crippen LogP contribution in [0.1, 0.15) is 10.4 Å². The van der Waals surface area contributed by atoms with E-state index in [9.17, 15) is 14.9 Å². The number of rotatable bonds is 3. The summed E-state index contributed by atoms with van der Waals surface area (Å²) in [5, 5.41) is 20.1. The third-order valence-corrected chi connectivity index (χ3v) is 2.43. The molecule has 0 unspecified atom stereocenters. The van der Waals surface area contributed by atoms with Gasteiger partial charge in [0.15, 0.2) is 0 Å². The topological polar surface area (TPSA) is 111 Å². The van der Waals surface area contributed by atoms with Gasteiger partial charge in [0.25, 0.3) is 11.6 Å². The second kappa shape index (κ2) is 5.36. The van der Waals surface area contributed by atoms with E-state index in [1.165, 1.54) is 24.5 Å². The zero-order chi connectivity index (χ0) is 13.8. The molecule has 0 spiro atoms. The van der Waals surface area contributed by atoms with Gasteiger partial charge < -0.3 is 0 Å². The fourth-order valence-electron chi connectivity index (χ4n) is 1.27. The van der Waals surface area contributed by atoms with Crippen LogP contribution in [0.5, 0.6) is 0 Å². The summed E-state index contributed by atoms with van der Waals surface area (Å²) < 4.78 is 0. The first-order chi connectivity index (χ1) is 9.08. The SMILES string of the molecule is O=C(Nc1nccnn1)c1ccc(Cl)c([N+](=O)[O-])c1. The molecule has 0 aliphatic heterocycles. The fraction of sp³-hybridized carbons (Fsp3) is 0. The molecule has 0 fully saturated rings. The number of hydrogen-bond acceptors (Lipinski definition) is 6. The Morgan fingerprint density at radius 2 is 2.16 bits per heavy atom. The summed E-state index contributed by atoms with van der Waals surface area (Å²) in [4.78, 5) is 25.6. The first kappa shape index (κ1) is 12.8. The average molecular weight is 280 g/mol. The van der Waals surface area contributed by atoms with Crippen molar-refractivity contribution in [2.24, 2.45) is 0 Å². The Morgan fingerprint density at radius 1 is 1.37 bits per heavy atom. The van der Waals surface area contributed by atoms with Crippen LogP contribution in [0.25, 0.3) is 0 Å². The van der Waals surface area contributed by atoms with Gasteiger partial charge in [0.2, 0.25) is 5.95 Å². The van der Waals surface area contributed by atoms with E-state index in [-0.39, 0.29) is 22.2 Å². The number of nitro benzene ring substituents is 1. The van der Waals surface area contributed by atoms with Crippen molar-refractivity contribution in [2.45, 2.75) is 0 Å². The van der Waals surface area contributed by atoms with Gasteiger partial charge in [0.1, 0.15) is 5.02 Å². The number of carbonyl (C=O) groups is 1. The largest absolute Gasteiger partial charge is 0.289 e. The van der Waals surface area contributed by atoms with Crippen molar-refractivity contribution in [1.82, 2.24) is 15.2 Å². The van der Waals surface area contributed by atoms with Crippen molar-refractivity contribution in [2.75, 3.05) is 5.32 Å². The Balaban J connectivity index is 2.25. The zero-order valence-corrected chi connectivity index (χ0v) is 10.0. The lowest BCUT2D eigenvalue weighted by Gasteiger charge is -2.03. The lowest BCUT2D eigenvalue weighted by molar-refractivity contribution is -0.384. The van der Waals surface area contributed by atoms with E-state index in [1.807, 2.05) is 0 Å². The highest BCUT2D eigenvalue weighted by Crippen LogP contribution is 2.25. The Bertz CT molecular complexity index is 634.